The van der Waals surface area contributed by atoms with Crippen molar-refractivity contribution in [2.75, 3.05) is 12.4 Å². The van der Waals surface area contributed by atoms with E-state index in [0.717, 1.165) is 28.9 Å². The fourth-order valence-corrected chi connectivity index (χ4v) is 2.71. The Hall–Kier alpha value is -1.48. The molecule has 0 fully saturated rings. The molecule has 1 aliphatic rings. The minimum Gasteiger partial charge on any atom is -0.496 e. The molecule has 4 heteroatoms. The van der Waals surface area contributed by atoms with Gasteiger partial charge in [0, 0.05) is 10.9 Å². The number of nitrogens with zero attached hydrogens (tertiary/aromatic N) is 1. The van der Waals surface area contributed by atoms with Gasteiger partial charge in [-0.3, -0.25) is 0 Å². The van der Waals surface area contributed by atoms with Crippen LogP contribution in [0.25, 0.3) is 10.9 Å². The van der Waals surface area contributed by atoms with E-state index >= 15 is 0 Å². The maximum atomic E-state index is 6.21. The summed E-state index contributed by atoms with van der Waals surface area (Å²) in [6.07, 6.45) is 0.959. The first-order valence-corrected chi connectivity index (χ1v) is 6.32. The number of fused-ring (bicyclic) bond motifs is 2. The fourth-order valence-electron chi connectivity index (χ4n) is 2.50. The second-order valence-electron chi connectivity index (χ2n) is 5.33. The molecule has 0 unspecified atom stereocenters. The predicted octanol–water partition coefficient (Wildman–Crippen LogP) is 3.64. The molecule has 94 valence electrons. The summed E-state index contributed by atoms with van der Waals surface area (Å²) in [5.41, 5.74) is 2.06. The van der Waals surface area contributed by atoms with Crippen molar-refractivity contribution in [3.63, 3.8) is 0 Å². The van der Waals surface area contributed by atoms with Gasteiger partial charge >= 0.3 is 0 Å². The normalized spacial score (nSPS) is 16.4. The number of aromatic nitrogens is 1. The zero-order chi connectivity index (χ0) is 12.9. The fraction of sp³-hybridized carbons (Fsp3) is 0.357. The smallest absolute Gasteiger partial charge is 0.130 e. The lowest BCUT2D eigenvalue weighted by Crippen LogP contribution is -2.27. The van der Waals surface area contributed by atoms with Crippen molar-refractivity contribution in [2.45, 2.75) is 25.8 Å². The number of pyridine rings is 1. The number of ether oxygens (including phenoxy) is 1. The third-order valence-corrected chi connectivity index (χ3v) is 3.59. The zero-order valence-electron chi connectivity index (χ0n) is 10.7. The van der Waals surface area contributed by atoms with Crippen molar-refractivity contribution < 1.29 is 4.74 Å². The Labute approximate surface area is 111 Å². The molecule has 1 aromatic carbocycles. The summed E-state index contributed by atoms with van der Waals surface area (Å²) < 4.78 is 5.38. The van der Waals surface area contributed by atoms with E-state index in [2.05, 4.69) is 30.2 Å². The standard InChI is InChI=1S/C14H15ClN2O/c1-14(2)7-8-6-9-11(18-3)5-4-10(15)12(9)16-13(8)17-14/h4-6H,7H2,1-3H3,(H,16,17). The van der Waals surface area contributed by atoms with Crippen LogP contribution in [0.15, 0.2) is 18.2 Å². The highest BCUT2D eigenvalue weighted by molar-refractivity contribution is 6.35. The van der Waals surface area contributed by atoms with Crippen LogP contribution in [0.2, 0.25) is 5.02 Å². The van der Waals surface area contributed by atoms with Gasteiger partial charge in [0.25, 0.3) is 0 Å². The summed E-state index contributed by atoms with van der Waals surface area (Å²) in [7, 11) is 1.66. The molecule has 0 radical (unpaired) electrons. The number of hydrogen-bond acceptors (Lipinski definition) is 3. The lowest BCUT2D eigenvalue weighted by Gasteiger charge is -2.17. The first-order valence-electron chi connectivity index (χ1n) is 5.94. The Morgan fingerprint density at radius 2 is 2.17 bits per heavy atom. The average molecular weight is 263 g/mol. The lowest BCUT2D eigenvalue weighted by molar-refractivity contribution is 0.419. The van der Waals surface area contributed by atoms with Gasteiger partial charge in [0.05, 0.1) is 17.6 Å². The number of nitrogens with one attached hydrogen (secondary N) is 1. The molecule has 2 heterocycles. The van der Waals surface area contributed by atoms with E-state index in [9.17, 15) is 0 Å². The van der Waals surface area contributed by atoms with Crippen LogP contribution in [-0.2, 0) is 6.42 Å². The van der Waals surface area contributed by atoms with Gasteiger partial charge in [-0.25, -0.2) is 4.98 Å². The van der Waals surface area contributed by atoms with E-state index in [1.807, 2.05) is 12.1 Å². The summed E-state index contributed by atoms with van der Waals surface area (Å²) in [5.74, 6) is 1.75. The second kappa shape index (κ2) is 3.75. The Kier molecular flexibility index (Phi) is 2.42. The third kappa shape index (κ3) is 1.70. The maximum absolute atomic E-state index is 6.21. The Morgan fingerprint density at radius 3 is 2.89 bits per heavy atom. The number of hydrogen-bond donors (Lipinski definition) is 1. The minimum atomic E-state index is 0.0480. The van der Waals surface area contributed by atoms with Gasteiger partial charge in [-0.1, -0.05) is 11.6 Å². The summed E-state index contributed by atoms with van der Waals surface area (Å²) >= 11 is 6.21. The molecular formula is C14H15ClN2O. The second-order valence-corrected chi connectivity index (χ2v) is 5.73. The quantitative estimate of drug-likeness (QED) is 0.852. The molecule has 2 aromatic rings. The molecule has 0 bridgehead atoms. The van der Waals surface area contributed by atoms with Crippen LogP contribution in [0, 0.1) is 0 Å². The van der Waals surface area contributed by atoms with Gasteiger partial charge in [0.15, 0.2) is 0 Å². The van der Waals surface area contributed by atoms with Crippen molar-refractivity contribution in [3.05, 3.63) is 28.8 Å². The van der Waals surface area contributed by atoms with Gasteiger partial charge in [-0.05, 0) is 44.0 Å². The van der Waals surface area contributed by atoms with E-state index in [1.165, 1.54) is 5.56 Å². The summed E-state index contributed by atoms with van der Waals surface area (Å²) in [4.78, 5) is 4.64. The van der Waals surface area contributed by atoms with Crippen molar-refractivity contribution in [1.82, 2.24) is 4.98 Å². The van der Waals surface area contributed by atoms with Crippen LogP contribution < -0.4 is 10.1 Å². The highest BCUT2D eigenvalue weighted by atomic mass is 35.5. The van der Waals surface area contributed by atoms with E-state index in [4.69, 9.17) is 16.3 Å². The first-order chi connectivity index (χ1) is 8.50. The first kappa shape index (κ1) is 11.6. The molecule has 3 rings (SSSR count). The molecule has 0 aliphatic carbocycles. The largest absolute Gasteiger partial charge is 0.496 e. The molecule has 0 spiro atoms. The molecular weight excluding hydrogens is 248 g/mol. The molecule has 0 amide bonds. The highest BCUT2D eigenvalue weighted by Gasteiger charge is 2.29. The van der Waals surface area contributed by atoms with Gasteiger partial charge in [-0.2, -0.15) is 0 Å². The van der Waals surface area contributed by atoms with E-state index in [1.54, 1.807) is 7.11 Å². The SMILES string of the molecule is COc1ccc(Cl)c2nc3c(cc12)CC(C)(C)N3. The minimum absolute atomic E-state index is 0.0480. The van der Waals surface area contributed by atoms with E-state index in [0.29, 0.717) is 5.02 Å². The molecule has 0 atom stereocenters. The van der Waals surface area contributed by atoms with Crippen LogP contribution in [-0.4, -0.2) is 17.6 Å². The van der Waals surface area contributed by atoms with Crippen molar-refractivity contribution in [3.8, 4) is 5.75 Å². The van der Waals surface area contributed by atoms with Gasteiger partial charge in [0.2, 0.25) is 0 Å². The van der Waals surface area contributed by atoms with Crippen molar-refractivity contribution >= 4 is 28.3 Å². The van der Waals surface area contributed by atoms with E-state index in [-0.39, 0.29) is 5.54 Å². The topological polar surface area (TPSA) is 34.1 Å². The molecule has 1 aliphatic heterocycles. The summed E-state index contributed by atoms with van der Waals surface area (Å²) in [6.45, 7) is 4.33. The van der Waals surface area contributed by atoms with Crippen LogP contribution in [0.4, 0.5) is 5.82 Å². The van der Waals surface area contributed by atoms with Crippen LogP contribution in [0.3, 0.4) is 0 Å². The van der Waals surface area contributed by atoms with Gasteiger partial charge in [0.1, 0.15) is 11.6 Å². The van der Waals surface area contributed by atoms with E-state index < -0.39 is 0 Å². The molecule has 0 saturated heterocycles. The predicted molar refractivity (Wildman–Crippen MR) is 74.7 cm³/mol. The van der Waals surface area contributed by atoms with Crippen molar-refractivity contribution in [2.24, 2.45) is 0 Å². The Morgan fingerprint density at radius 1 is 1.39 bits per heavy atom. The number of halogens is 1. The Bertz CT molecular complexity index is 637. The summed E-state index contributed by atoms with van der Waals surface area (Å²) in [6, 6.07) is 5.83. The van der Waals surface area contributed by atoms with Crippen molar-refractivity contribution in [1.29, 1.82) is 0 Å². The molecule has 18 heavy (non-hydrogen) atoms. The number of benzene rings is 1. The number of methoxy groups -OCH3 is 1. The zero-order valence-corrected chi connectivity index (χ0v) is 11.4. The van der Waals surface area contributed by atoms with Crippen LogP contribution in [0.1, 0.15) is 19.4 Å². The Balaban J connectivity index is 2.28. The molecule has 1 N–H and O–H groups in total. The number of anilines is 1. The molecule has 1 aromatic heterocycles. The number of rotatable bonds is 1. The van der Waals surface area contributed by atoms with Gasteiger partial charge in [-0.15, -0.1) is 0 Å². The highest BCUT2D eigenvalue weighted by Crippen LogP contribution is 2.37. The van der Waals surface area contributed by atoms with Crippen LogP contribution >= 0.6 is 11.6 Å². The lowest BCUT2D eigenvalue weighted by atomic mass is 10.00. The van der Waals surface area contributed by atoms with Gasteiger partial charge < -0.3 is 10.1 Å². The maximum Gasteiger partial charge on any atom is 0.130 e. The molecule has 0 saturated carbocycles. The molecule has 3 nitrogen and oxygen atoms in total. The van der Waals surface area contributed by atoms with Crippen LogP contribution in [0.5, 0.6) is 5.75 Å². The summed E-state index contributed by atoms with van der Waals surface area (Å²) in [5, 5.41) is 5.05. The average Bonchev–Trinajstić information content (AvgIpc) is 2.60. The monoisotopic (exact) mass is 262 g/mol. The third-order valence-electron chi connectivity index (χ3n) is 3.28.